The van der Waals surface area contributed by atoms with Gasteiger partial charge in [-0.25, -0.2) is 4.39 Å². The van der Waals surface area contributed by atoms with Crippen LogP contribution in [0.5, 0.6) is 0 Å². The van der Waals surface area contributed by atoms with Crippen molar-refractivity contribution in [1.82, 2.24) is 4.90 Å². The van der Waals surface area contributed by atoms with Gasteiger partial charge in [-0.05, 0) is 63.0 Å². The highest BCUT2D eigenvalue weighted by Crippen LogP contribution is 2.18. The highest BCUT2D eigenvalue weighted by molar-refractivity contribution is 5.25. The molecule has 0 aromatic heterocycles. The molecule has 1 unspecified atom stereocenters. The summed E-state index contributed by atoms with van der Waals surface area (Å²) >= 11 is 0. The maximum Gasteiger partial charge on any atom is 0.126 e. The van der Waals surface area contributed by atoms with Gasteiger partial charge >= 0.3 is 0 Å². The second kappa shape index (κ2) is 5.61. The molecule has 0 spiro atoms. The number of benzene rings is 1. The van der Waals surface area contributed by atoms with Crippen LogP contribution in [0.15, 0.2) is 18.2 Å². The highest BCUT2D eigenvalue weighted by Gasteiger charge is 2.14. The predicted octanol–water partition coefficient (Wildman–Crippen LogP) is 2.62. The molecule has 1 fully saturated rings. The van der Waals surface area contributed by atoms with Gasteiger partial charge in [0.25, 0.3) is 0 Å². The lowest BCUT2D eigenvalue weighted by molar-refractivity contribution is 0.322. The van der Waals surface area contributed by atoms with Crippen LogP contribution in [-0.2, 0) is 0 Å². The van der Waals surface area contributed by atoms with Gasteiger partial charge < -0.3 is 10.6 Å². The normalized spacial score (nSPS) is 18.5. The van der Waals surface area contributed by atoms with E-state index < -0.39 is 0 Å². The van der Waals surface area contributed by atoms with Crippen molar-refractivity contribution in [3.63, 3.8) is 0 Å². The molecule has 0 saturated carbocycles. The summed E-state index contributed by atoms with van der Waals surface area (Å²) in [6.07, 6.45) is 3.51. The molecule has 1 heterocycles. The Morgan fingerprint density at radius 2 is 2.06 bits per heavy atom. The van der Waals surface area contributed by atoms with Crippen LogP contribution in [0.2, 0.25) is 0 Å². The Balaban J connectivity index is 1.89. The Kier molecular flexibility index (Phi) is 4.13. The van der Waals surface area contributed by atoms with Crippen LogP contribution in [0.3, 0.4) is 0 Å². The number of aryl methyl sites for hydroxylation is 1. The largest absolute Gasteiger partial charge is 0.324 e. The predicted molar refractivity (Wildman–Crippen MR) is 68.4 cm³/mol. The third-order valence-electron chi connectivity index (χ3n) is 3.58. The molecule has 17 heavy (non-hydrogen) atoms. The lowest BCUT2D eigenvalue weighted by Gasteiger charge is -2.18. The van der Waals surface area contributed by atoms with E-state index >= 15 is 0 Å². The second-order valence-electron chi connectivity index (χ2n) is 4.95. The fraction of sp³-hybridized carbons (Fsp3) is 0.571. The first kappa shape index (κ1) is 12.5. The zero-order valence-corrected chi connectivity index (χ0v) is 10.5. The zero-order valence-electron chi connectivity index (χ0n) is 10.5. The van der Waals surface area contributed by atoms with E-state index in [0.717, 1.165) is 18.5 Å². The zero-order chi connectivity index (χ0) is 12.3. The van der Waals surface area contributed by atoms with Crippen LogP contribution in [0, 0.1) is 12.7 Å². The molecule has 1 aliphatic rings. The lowest BCUT2D eigenvalue weighted by atomic mass is 10.0. The minimum Gasteiger partial charge on any atom is -0.324 e. The van der Waals surface area contributed by atoms with Crippen LogP contribution < -0.4 is 5.73 Å². The summed E-state index contributed by atoms with van der Waals surface area (Å²) in [7, 11) is 0. The number of likely N-dealkylation sites (tertiary alicyclic amines) is 1. The van der Waals surface area contributed by atoms with Crippen molar-refractivity contribution in [3.8, 4) is 0 Å². The van der Waals surface area contributed by atoms with Crippen molar-refractivity contribution >= 4 is 0 Å². The van der Waals surface area contributed by atoms with Crippen LogP contribution >= 0.6 is 0 Å². The van der Waals surface area contributed by atoms with Crippen molar-refractivity contribution in [1.29, 1.82) is 0 Å². The SMILES string of the molecule is Cc1ccc(C(N)CCN2CCCC2)cc1F. The van der Waals surface area contributed by atoms with E-state index in [1.165, 1.54) is 25.9 Å². The van der Waals surface area contributed by atoms with Crippen molar-refractivity contribution in [2.24, 2.45) is 5.73 Å². The summed E-state index contributed by atoms with van der Waals surface area (Å²) < 4.78 is 13.4. The molecule has 1 atom stereocenters. The van der Waals surface area contributed by atoms with Gasteiger partial charge in [0.15, 0.2) is 0 Å². The van der Waals surface area contributed by atoms with Crippen LogP contribution in [0.4, 0.5) is 4.39 Å². The summed E-state index contributed by atoms with van der Waals surface area (Å²) in [6, 6.07) is 5.27. The Bertz CT molecular complexity index is 372. The number of rotatable bonds is 4. The molecule has 1 aromatic carbocycles. The molecule has 0 bridgehead atoms. The third-order valence-corrected chi connectivity index (χ3v) is 3.58. The average molecular weight is 236 g/mol. The number of nitrogens with zero attached hydrogens (tertiary/aromatic N) is 1. The first-order valence-corrected chi connectivity index (χ1v) is 6.41. The summed E-state index contributed by atoms with van der Waals surface area (Å²) in [5, 5.41) is 0. The molecule has 0 radical (unpaired) electrons. The molecule has 2 N–H and O–H groups in total. The van der Waals surface area contributed by atoms with E-state index in [9.17, 15) is 4.39 Å². The second-order valence-corrected chi connectivity index (χ2v) is 4.95. The fourth-order valence-electron chi connectivity index (χ4n) is 2.33. The van der Waals surface area contributed by atoms with E-state index in [-0.39, 0.29) is 11.9 Å². The summed E-state index contributed by atoms with van der Waals surface area (Å²) in [6.45, 7) is 5.18. The van der Waals surface area contributed by atoms with E-state index in [4.69, 9.17) is 5.73 Å². The van der Waals surface area contributed by atoms with E-state index in [1.54, 1.807) is 19.1 Å². The Hall–Kier alpha value is -0.930. The quantitative estimate of drug-likeness (QED) is 0.870. The molecule has 94 valence electrons. The molecule has 0 aliphatic carbocycles. The molecule has 1 aromatic rings. The van der Waals surface area contributed by atoms with Gasteiger partial charge in [-0.15, -0.1) is 0 Å². The minimum atomic E-state index is -0.154. The van der Waals surface area contributed by atoms with Gasteiger partial charge in [-0.3, -0.25) is 0 Å². The van der Waals surface area contributed by atoms with Gasteiger partial charge in [0, 0.05) is 6.04 Å². The van der Waals surface area contributed by atoms with Gasteiger partial charge in [0.2, 0.25) is 0 Å². The molecule has 2 rings (SSSR count). The number of hydrogen-bond donors (Lipinski definition) is 1. The maximum absolute atomic E-state index is 13.4. The van der Waals surface area contributed by atoms with E-state index in [2.05, 4.69) is 4.90 Å². The van der Waals surface area contributed by atoms with E-state index in [1.807, 2.05) is 6.07 Å². The lowest BCUT2D eigenvalue weighted by Crippen LogP contribution is -2.24. The first-order valence-electron chi connectivity index (χ1n) is 6.41. The van der Waals surface area contributed by atoms with Crippen molar-refractivity contribution < 1.29 is 4.39 Å². The van der Waals surface area contributed by atoms with Crippen LogP contribution in [-0.4, -0.2) is 24.5 Å². The van der Waals surface area contributed by atoms with Crippen molar-refractivity contribution in [3.05, 3.63) is 35.1 Å². The first-order chi connectivity index (χ1) is 8.16. The average Bonchev–Trinajstić information content (AvgIpc) is 2.82. The molecule has 1 aliphatic heterocycles. The monoisotopic (exact) mass is 236 g/mol. The fourth-order valence-corrected chi connectivity index (χ4v) is 2.33. The summed E-state index contributed by atoms with van der Waals surface area (Å²) in [5.41, 5.74) is 7.69. The van der Waals surface area contributed by atoms with Crippen molar-refractivity contribution in [2.75, 3.05) is 19.6 Å². The smallest absolute Gasteiger partial charge is 0.126 e. The Morgan fingerprint density at radius 3 is 2.71 bits per heavy atom. The molecular weight excluding hydrogens is 215 g/mol. The Labute approximate surface area is 103 Å². The van der Waals surface area contributed by atoms with Gasteiger partial charge in [-0.2, -0.15) is 0 Å². The molecular formula is C14H21FN2. The summed E-state index contributed by atoms with van der Waals surface area (Å²) in [5.74, 6) is -0.154. The maximum atomic E-state index is 13.4. The van der Waals surface area contributed by atoms with E-state index in [0.29, 0.717) is 5.56 Å². The number of halogens is 1. The standard InChI is InChI=1S/C14H21FN2/c1-11-4-5-12(10-13(11)15)14(16)6-9-17-7-2-3-8-17/h4-5,10,14H,2-3,6-9,16H2,1H3. The minimum absolute atomic E-state index is 0.0503. The molecule has 2 nitrogen and oxygen atoms in total. The van der Waals surface area contributed by atoms with Gasteiger partial charge in [-0.1, -0.05) is 12.1 Å². The number of nitrogens with two attached hydrogens (primary N) is 1. The van der Waals surface area contributed by atoms with Crippen LogP contribution in [0.1, 0.15) is 36.4 Å². The summed E-state index contributed by atoms with van der Waals surface area (Å²) in [4.78, 5) is 2.43. The highest BCUT2D eigenvalue weighted by atomic mass is 19.1. The van der Waals surface area contributed by atoms with Gasteiger partial charge in [0.05, 0.1) is 0 Å². The van der Waals surface area contributed by atoms with Gasteiger partial charge in [0.1, 0.15) is 5.82 Å². The van der Waals surface area contributed by atoms with Crippen molar-refractivity contribution in [2.45, 2.75) is 32.2 Å². The number of hydrogen-bond acceptors (Lipinski definition) is 2. The molecule has 3 heteroatoms. The van der Waals surface area contributed by atoms with Crippen LogP contribution in [0.25, 0.3) is 0 Å². The third kappa shape index (κ3) is 3.27. The Morgan fingerprint density at radius 1 is 1.35 bits per heavy atom. The topological polar surface area (TPSA) is 29.3 Å². The molecule has 1 saturated heterocycles. The molecule has 0 amide bonds.